The first-order valence-electron chi connectivity index (χ1n) is 7.53. The lowest BCUT2D eigenvalue weighted by Crippen LogP contribution is -2.56. The molecule has 2 aliphatic rings. The summed E-state index contributed by atoms with van der Waals surface area (Å²) < 4.78 is 0. The molecule has 0 radical (unpaired) electrons. The van der Waals surface area contributed by atoms with E-state index in [9.17, 15) is 4.79 Å². The Hall–Kier alpha value is -2.41. The van der Waals surface area contributed by atoms with Gasteiger partial charge in [0.15, 0.2) is 0 Å². The maximum absolute atomic E-state index is 12.6. The average molecular weight is 298 g/mol. The van der Waals surface area contributed by atoms with Crippen molar-refractivity contribution in [1.82, 2.24) is 25.4 Å². The number of urea groups is 1. The van der Waals surface area contributed by atoms with Crippen molar-refractivity contribution < 1.29 is 4.79 Å². The molecule has 1 saturated heterocycles. The van der Waals surface area contributed by atoms with Gasteiger partial charge in [0.05, 0.1) is 23.1 Å². The molecule has 2 aromatic rings. The number of hydrogen-bond donors (Lipinski definition) is 3. The molecule has 3 N–H and O–H groups in total. The van der Waals surface area contributed by atoms with Gasteiger partial charge in [-0.2, -0.15) is 5.10 Å². The Balaban J connectivity index is 1.55. The molecule has 1 aliphatic heterocycles. The zero-order valence-corrected chi connectivity index (χ0v) is 12.2. The van der Waals surface area contributed by atoms with Crippen LogP contribution in [0.4, 0.5) is 10.5 Å². The Bertz CT molecular complexity index is 678. The number of carbonyl (C=O) groups excluding carboxylic acids is 1. The molecule has 22 heavy (non-hydrogen) atoms. The average Bonchev–Trinajstić information content (AvgIpc) is 3.15. The Morgan fingerprint density at radius 3 is 3.05 bits per heavy atom. The van der Waals surface area contributed by atoms with E-state index >= 15 is 0 Å². The second-order valence-electron chi connectivity index (χ2n) is 5.86. The van der Waals surface area contributed by atoms with Crippen LogP contribution in [0.25, 0.3) is 11.4 Å². The topological polar surface area (TPSA) is 85.9 Å². The van der Waals surface area contributed by atoms with E-state index in [0.717, 1.165) is 43.9 Å². The van der Waals surface area contributed by atoms with Gasteiger partial charge in [0.2, 0.25) is 0 Å². The quantitative estimate of drug-likeness (QED) is 0.783. The lowest BCUT2D eigenvalue weighted by molar-refractivity contribution is 0.160. The van der Waals surface area contributed by atoms with Crippen LogP contribution in [0, 0.1) is 0 Å². The van der Waals surface area contributed by atoms with Crippen molar-refractivity contribution in [1.29, 1.82) is 0 Å². The highest BCUT2D eigenvalue weighted by Gasteiger charge is 2.51. The van der Waals surface area contributed by atoms with E-state index in [-0.39, 0.29) is 11.6 Å². The minimum atomic E-state index is -0.0578. The van der Waals surface area contributed by atoms with Crippen molar-refractivity contribution in [3.63, 3.8) is 0 Å². The molecule has 2 fully saturated rings. The smallest absolute Gasteiger partial charge is 0.316 e. The highest BCUT2D eigenvalue weighted by atomic mass is 16.2. The second-order valence-corrected chi connectivity index (χ2v) is 5.86. The van der Waals surface area contributed by atoms with E-state index in [4.69, 9.17) is 0 Å². The van der Waals surface area contributed by atoms with E-state index in [1.54, 1.807) is 12.4 Å². The number of nitrogens with zero attached hydrogens (tertiary/aromatic N) is 3. The van der Waals surface area contributed by atoms with Crippen LogP contribution in [0.15, 0.2) is 30.6 Å². The van der Waals surface area contributed by atoms with Gasteiger partial charge in [0.1, 0.15) is 5.69 Å². The van der Waals surface area contributed by atoms with Gasteiger partial charge in [-0.05, 0) is 25.0 Å². The van der Waals surface area contributed by atoms with Crippen molar-refractivity contribution in [3.8, 4) is 11.4 Å². The molecule has 2 aromatic heterocycles. The van der Waals surface area contributed by atoms with E-state index in [1.807, 2.05) is 23.1 Å². The molecule has 7 heteroatoms. The monoisotopic (exact) mass is 298 g/mol. The van der Waals surface area contributed by atoms with Crippen LogP contribution in [0.1, 0.15) is 12.8 Å². The first kappa shape index (κ1) is 13.3. The Morgan fingerprint density at radius 1 is 1.36 bits per heavy atom. The van der Waals surface area contributed by atoms with Crippen LogP contribution in [-0.2, 0) is 0 Å². The molecule has 1 spiro atoms. The third-order valence-electron chi connectivity index (χ3n) is 4.41. The van der Waals surface area contributed by atoms with E-state index in [2.05, 4.69) is 25.8 Å². The van der Waals surface area contributed by atoms with Crippen LogP contribution in [-0.4, -0.2) is 51.3 Å². The first-order chi connectivity index (χ1) is 10.8. The summed E-state index contributed by atoms with van der Waals surface area (Å²) in [6.07, 6.45) is 5.50. The molecule has 0 bridgehead atoms. The lowest BCUT2D eigenvalue weighted by Gasteiger charge is -2.36. The van der Waals surface area contributed by atoms with Crippen LogP contribution < -0.4 is 10.6 Å². The number of H-pyrrole nitrogens is 1. The molecule has 0 unspecified atom stereocenters. The first-order valence-corrected chi connectivity index (χ1v) is 7.53. The summed E-state index contributed by atoms with van der Waals surface area (Å²) in [6, 6.07) is 5.59. The van der Waals surface area contributed by atoms with Gasteiger partial charge in [-0.3, -0.25) is 10.1 Å². The number of aromatic nitrogens is 3. The number of carbonyl (C=O) groups is 1. The largest absolute Gasteiger partial charge is 0.322 e. The number of pyridine rings is 1. The van der Waals surface area contributed by atoms with Crippen LogP contribution in [0.2, 0.25) is 0 Å². The summed E-state index contributed by atoms with van der Waals surface area (Å²) in [5.74, 6) is 0. The fraction of sp³-hybridized carbons (Fsp3) is 0.400. The summed E-state index contributed by atoms with van der Waals surface area (Å²) in [7, 11) is 0. The molecule has 0 atom stereocenters. The van der Waals surface area contributed by atoms with E-state index in [0.29, 0.717) is 5.69 Å². The maximum atomic E-state index is 12.6. The van der Waals surface area contributed by atoms with Gasteiger partial charge in [0, 0.05) is 25.8 Å². The molecular formula is C15H18N6O. The van der Waals surface area contributed by atoms with Gasteiger partial charge in [-0.1, -0.05) is 6.07 Å². The molecule has 2 amide bonds. The Labute approximate surface area is 128 Å². The normalized spacial score (nSPS) is 19.2. The third-order valence-corrected chi connectivity index (χ3v) is 4.41. The number of piperazine rings is 1. The SMILES string of the molecule is O=C(Nc1cn[nH]c1-c1ccccn1)N1CCNCC12CC2. The number of hydrogen-bond acceptors (Lipinski definition) is 4. The molecule has 7 nitrogen and oxygen atoms in total. The van der Waals surface area contributed by atoms with Crippen molar-refractivity contribution in [2.24, 2.45) is 0 Å². The van der Waals surface area contributed by atoms with Crippen LogP contribution >= 0.6 is 0 Å². The van der Waals surface area contributed by atoms with Crippen molar-refractivity contribution in [2.45, 2.75) is 18.4 Å². The highest BCUT2D eigenvalue weighted by Crippen LogP contribution is 2.42. The summed E-state index contributed by atoms with van der Waals surface area (Å²) in [4.78, 5) is 18.9. The Kier molecular flexibility index (Phi) is 3.07. The fourth-order valence-corrected chi connectivity index (χ4v) is 3.02. The van der Waals surface area contributed by atoms with Gasteiger partial charge >= 0.3 is 6.03 Å². The number of nitrogens with one attached hydrogen (secondary N) is 3. The zero-order chi connectivity index (χ0) is 15.0. The summed E-state index contributed by atoms with van der Waals surface area (Å²) in [6.45, 7) is 2.47. The summed E-state index contributed by atoms with van der Waals surface area (Å²) >= 11 is 0. The molecule has 0 aromatic carbocycles. The van der Waals surface area contributed by atoms with Crippen molar-refractivity contribution >= 4 is 11.7 Å². The predicted octanol–water partition coefficient (Wildman–Crippen LogP) is 1.44. The third kappa shape index (κ3) is 2.23. The second kappa shape index (κ2) is 5.10. The minimum absolute atomic E-state index is 0.0250. The molecular weight excluding hydrogens is 280 g/mol. The fourth-order valence-electron chi connectivity index (χ4n) is 3.02. The standard InChI is InChI=1S/C15H18N6O/c22-14(21-8-7-16-10-15(21)4-5-15)19-12-9-18-20-13(12)11-3-1-2-6-17-11/h1-3,6,9,16H,4-5,7-8,10H2,(H,18,20)(H,19,22). The minimum Gasteiger partial charge on any atom is -0.316 e. The highest BCUT2D eigenvalue weighted by molar-refractivity contribution is 5.93. The van der Waals surface area contributed by atoms with Crippen molar-refractivity contribution in [2.75, 3.05) is 25.0 Å². The lowest BCUT2D eigenvalue weighted by atomic mass is 10.2. The van der Waals surface area contributed by atoms with E-state index < -0.39 is 0 Å². The number of rotatable bonds is 2. The molecule has 1 saturated carbocycles. The number of amides is 2. The molecule has 1 aliphatic carbocycles. The number of aromatic amines is 1. The van der Waals surface area contributed by atoms with Gasteiger partial charge in [-0.15, -0.1) is 0 Å². The Morgan fingerprint density at radius 2 is 2.27 bits per heavy atom. The van der Waals surface area contributed by atoms with Crippen LogP contribution in [0.3, 0.4) is 0 Å². The number of anilines is 1. The molecule has 3 heterocycles. The maximum Gasteiger partial charge on any atom is 0.322 e. The zero-order valence-electron chi connectivity index (χ0n) is 12.2. The van der Waals surface area contributed by atoms with Gasteiger partial charge < -0.3 is 15.5 Å². The van der Waals surface area contributed by atoms with Gasteiger partial charge in [-0.25, -0.2) is 4.79 Å². The molecule has 4 rings (SSSR count). The molecule has 114 valence electrons. The van der Waals surface area contributed by atoms with Crippen molar-refractivity contribution in [3.05, 3.63) is 30.6 Å². The summed E-state index contributed by atoms with van der Waals surface area (Å²) in [5, 5.41) is 13.3. The van der Waals surface area contributed by atoms with E-state index in [1.165, 1.54) is 0 Å². The van der Waals surface area contributed by atoms with Gasteiger partial charge in [0.25, 0.3) is 0 Å². The van der Waals surface area contributed by atoms with Crippen LogP contribution in [0.5, 0.6) is 0 Å². The predicted molar refractivity (Wildman–Crippen MR) is 82.4 cm³/mol. The summed E-state index contributed by atoms with van der Waals surface area (Å²) in [5.41, 5.74) is 2.18.